The van der Waals surface area contributed by atoms with Crippen molar-refractivity contribution in [3.8, 4) is 0 Å². The van der Waals surface area contributed by atoms with Crippen LogP contribution in [0.2, 0.25) is 0 Å². The van der Waals surface area contributed by atoms with Crippen LogP contribution in [-0.2, 0) is 16.6 Å². The highest BCUT2D eigenvalue weighted by atomic mass is 32.2. The van der Waals surface area contributed by atoms with Gasteiger partial charge in [-0.3, -0.25) is 0 Å². The van der Waals surface area contributed by atoms with Crippen molar-refractivity contribution >= 4 is 21.8 Å². The molecule has 1 aromatic rings. The Bertz CT molecular complexity index is 567. The molecule has 21 heavy (non-hydrogen) atoms. The largest absolute Gasteiger partial charge is 0.313 e. The molecule has 1 unspecified atom stereocenters. The summed E-state index contributed by atoms with van der Waals surface area (Å²) in [6, 6.07) is 5.49. The van der Waals surface area contributed by atoms with E-state index in [2.05, 4.69) is 10.0 Å². The number of rotatable bonds is 7. The van der Waals surface area contributed by atoms with Gasteiger partial charge < -0.3 is 5.32 Å². The van der Waals surface area contributed by atoms with Gasteiger partial charge in [0.25, 0.3) is 0 Å². The van der Waals surface area contributed by atoms with E-state index in [0.717, 1.165) is 35.6 Å². The third kappa shape index (κ3) is 4.45. The summed E-state index contributed by atoms with van der Waals surface area (Å²) in [5, 5.41) is 3.24. The van der Waals surface area contributed by atoms with E-state index in [-0.39, 0.29) is 0 Å². The van der Waals surface area contributed by atoms with Crippen LogP contribution in [0.15, 0.2) is 23.1 Å². The summed E-state index contributed by atoms with van der Waals surface area (Å²) < 4.78 is 27.8. The van der Waals surface area contributed by atoms with Crippen LogP contribution in [0.25, 0.3) is 0 Å². The van der Waals surface area contributed by atoms with Crippen LogP contribution in [0, 0.1) is 12.8 Å². The smallest absolute Gasteiger partial charge is 0.240 e. The van der Waals surface area contributed by atoms with Gasteiger partial charge >= 0.3 is 0 Å². The molecule has 0 saturated carbocycles. The van der Waals surface area contributed by atoms with Crippen LogP contribution in [0.4, 0.5) is 0 Å². The molecular weight excluding hydrogens is 304 g/mol. The van der Waals surface area contributed by atoms with Gasteiger partial charge in [-0.15, -0.1) is 0 Å². The second-order valence-corrected chi connectivity index (χ2v) is 8.29. The first-order chi connectivity index (χ1) is 10.0. The highest BCUT2D eigenvalue weighted by molar-refractivity contribution is 7.99. The number of hydrogen-bond acceptors (Lipinski definition) is 4. The number of hydrogen-bond donors (Lipinski definition) is 2. The molecule has 1 saturated heterocycles. The molecule has 0 amide bonds. The molecule has 0 aliphatic carbocycles. The maximum absolute atomic E-state index is 12.5. The highest BCUT2D eigenvalue weighted by Gasteiger charge is 2.22. The van der Waals surface area contributed by atoms with Crippen molar-refractivity contribution in [1.82, 2.24) is 10.0 Å². The lowest BCUT2D eigenvalue weighted by atomic mass is 10.1. The summed E-state index contributed by atoms with van der Waals surface area (Å²) in [6.07, 6.45) is 1.10. The topological polar surface area (TPSA) is 58.2 Å². The molecule has 6 heteroatoms. The molecule has 1 aromatic carbocycles. The second-order valence-electron chi connectivity index (χ2n) is 5.40. The summed E-state index contributed by atoms with van der Waals surface area (Å²) >= 11 is 1.90. The van der Waals surface area contributed by atoms with Crippen LogP contribution in [0.5, 0.6) is 0 Å². The molecule has 0 aromatic heterocycles. The number of sulfonamides is 1. The van der Waals surface area contributed by atoms with Gasteiger partial charge in [-0.25, -0.2) is 13.1 Å². The van der Waals surface area contributed by atoms with Crippen molar-refractivity contribution in [3.05, 3.63) is 29.3 Å². The number of thioether (sulfide) groups is 1. The van der Waals surface area contributed by atoms with Gasteiger partial charge in [0.2, 0.25) is 10.0 Å². The minimum Gasteiger partial charge on any atom is -0.313 e. The summed E-state index contributed by atoms with van der Waals surface area (Å²) in [5.74, 6) is 2.67. The van der Waals surface area contributed by atoms with Crippen LogP contribution in [-0.4, -0.2) is 33.0 Å². The zero-order valence-corrected chi connectivity index (χ0v) is 14.3. The normalized spacial score (nSPS) is 19.0. The molecule has 0 spiro atoms. The lowest BCUT2D eigenvalue weighted by molar-refractivity contribution is 0.545. The molecule has 1 aliphatic rings. The van der Waals surface area contributed by atoms with E-state index in [0.29, 0.717) is 23.9 Å². The van der Waals surface area contributed by atoms with Crippen LogP contribution < -0.4 is 10.0 Å². The van der Waals surface area contributed by atoms with Gasteiger partial charge in [-0.05, 0) is 54.5 Å². The molecule has 1 aliphatic heterocycles. The maximum atomic E-state index is 12.5. The minimum atomic E-state index is -3.41. The average molecular weight is 329 g/mol. The highest BCUT2D eigenvalue weighted by Crippen LogP contribution is 2.24. The first kappa shape index (κ1) is 16.8. The predicted octanol–water partition coefficient (Wildman–Crippen LogP) is 2.14. The van der Waals surface area contributed by atoms with E-state index in [4.69, 9.17) is 0 Å². The standard InChI is InChI=1S/C15H24N2O2S2/c1-3-16-10-14-5-4-6-15(12(14)2)21(18,19)17-9-13-7-8-20-11-13/h4-6,13,16-17H,3,7-11H2,1-2H3. The summed E-state index contributed by atoms with van der Waals surface area (Å²) in [7, 11) is -3.41. The summed E-state index contributed by atoms with van der Waals surface area (Å²) in [5.41, 5.74) is 1.88. The van der Waals surface area contributed by atoms with Crippen molar-refractivity contribution in [1.29, 1.82) is 0 Å². The van der Waals surface area contributed by atoms with Crippen molar-refractivity contribution in [2.24, 2.45) is 5.92 Å². The lowest BCUT2D eigenvalue weighted by Gasteiger charge is -2.14. The third-order valence-corrected chi connectivity index (χ3v) is 6.64. The van der Waals surface area contributed by atoms with E-state index < -0.39 is 10.0 Å². The van der Waals surface area contributed by atoms with Gasteiger partial charge in [-0.2, -0.15) is 11.8 Å². The maximum Gasteiger partial charge on any atom is 0.240 e. The van der Waals surface area contributed by atoms with Crippen LogP contribution in [0.3, 0.4) is 0 Å². The van der Waals surface area contributed by atoms with Crippen LogP contribution >= 0.6 is 11.8 Å². The first-order valence-electron chi connectivity index (χ1n) is 7.41. The Morgan fingerprint density at radius 2 is 2.19 bits per heavy atom. The minimum absolute atomic E-state index is 0.406. The van der Waals surface area contributed by atoms with E-state index in [9.17, 15) is 8.42 Å². The van der Waals surface area contributed by atoms with Crippen molar-refractivity contribution < 1.29 is 8.42 Å². The molecule has 1 heterocycles. The molecule has 1 fully saturated rings. The summed E-state index contributed by atoms with van der Waals surface area (Å²) in [6.45, 7) is 6.04. The Kier molecular flexibility index (Phi) is 6.10. The summed E-state index contributed by atoms with van der Waals surface area (Å²) in [4.78, 5) is 0.406. The Balaban J connectivity index is 2.11. The third-order valence-electron chi connectivity index (χ3n) is 3.84. The zero-order chi connectivity index (χ0) is 15.3. The Hall–Kier alpha value is -0.560. The Morgan fingerprint density at radius 3 is 2.86 bits per heavy atom. The van der Waals surface area contributed by atoms with Gasteiger partial charge in [0.15, 0.2) is 0 Å². The van der Waals surface area contributed by atoms with E-state index in [1.807, 2.05) is 37.7 Å². The molecule has 2 rings (SSSR count). The average Bonchev–Trinajstić information content (AvgIpc) is 2.97. The Morgan fingerprint density at radius 1 is 1.38 bits per heavy atom. The second kappa shape index (κ2) is 7.63. The molecule has 0 bridgehead atoms. The molecule has 4 nitrogen and oxygen atoms in total. The van der Waals surface area contributed by atoms with Gasteiger partial charge in [0.05, 0.1) is 4.90 Å². The molecule has 0 radical (unpaired) electrons. The fourth-order valence-electron chi connectivity index (χ4n) is 2.45. The first-order valence-corrected chi connectivity index (χ1v) is 10.0. The van der Waals surface area contributed by atoms with Gasteiger partial charge in [0.1, 0.15) is 0 Å². The fourth-order valence-corrected chi connectivity index (χ4v) is 5.14. The fraction of sp³-hybridized carbons (Fsp3) is 0.600. The lowest BCUT2D eigenvalue weighted by Crippen LogP contribution is -2.30. The van der Waals surface area contributed by atoms with Gasteiger partial charge in [-0.1, -0.05) is 19.1 Å². The molecule has 118 valence electrons. The quantitative estimate of drug-likeness (QED) is 0.805. The molecule has 2 N–H and O–H groups in total. The van der Waals surface area contributed by atoms with Crippen LogP contribution in [0.1, 0.15) is 24.5 Å². The van der Waals surface area contributed by atoms with E-state index >= 15 is 0 Å². The predicted molar refractivity (Wildman–Crippen MR) is 89.2 cm³/mol. The van der Waals surface area contributed by atoms with E-state index in [1.54, 1.807) is 6.07 Å². The van der Waals surface area contributed by atoms with Crippen molar-refractivity contribution in [2.45, 2.75) is 31.7 Å². The Labute approximate surface area is 132 Å². The van der Waals surface area contributed by atoms with E-state index in [1.165, 1.54) is 0 Å². The van der Waals surface area contributed by atoms with Crippen molar-refractivity contribution in [3.63, 3.8) is 0 Å². The number of benzene rings is 1. The van der Waals surface area contributed by atoms with Crippen molar-refractivity contribution in [2.75, 3.05) is 24.6 Å². The monoisotopic (exact) mass is 328 g/mol. The zero-order valence-electron chi connectivity index (χ0n) is 12.7. The SMILES string of the molecule is CCNCc1cccc(S(=O)(=O)NCC2CCSC2)c1C. The molecular formula is C15H24N2O2S2. The van der Waals surface area contributed by atoms with Gasteiger partial charge in [0, 0.05) is 13.1 Å². The molecule has 1 atom stereocenters. The number of nitrogens with one attached hydrogen (secondary N) is 2.